The molecule has 2 aromatic heterocycles. The summed E-state index contributed by atoms with van der Waals surface area (Å²) in [5.74, 6) is 0.178. The number of aryl methyl sites for hydroxylation is 1. The van der Waals surface area contributed by atoms with Gasteiger partial charge in [0.25, 0.3) is 5.91 Å². The second kappa shape index (κ2) is 7.27. The number of benzene rings is 1. The Bertz CT molecular complexity index is 1170. The Labute approximate surface area is 175 Å². The number of alkyl halides is 3. The molecule has 1 aromatic carbocycles. The van der Waals surface area contributed by atoms with Gasteiger partial charge in [-0.1, -0.05) is 6.07 Å². The molecule has 7 nitrogen and oxygen atoms in total. The molecule has 10 heteroatoms. The van der Waals surface area contributed by atoms with Crippen molar-refractivity contribution in [3.63, 3.8) is 0 Å². The normalized spacial score (nSPS) is 15.9. The largest absolute Gasteiger partial charge is 0.417 e. The number of nitrogens with one attached hydrogen (secondary N) is 2. The number of carbonyl (C=O) groups excluding carboxylic acids is 1. The number of hydrogen-bond donors (Lipinski definition) is 2. The minimum atomic E-state index is -4.60. The SMILES string of the molecule is Cc1ccn(C2(c3ccc(C(F)(F)F)c(C#N)c3)CC2)c1C(=O)NC(C)c1ncn[nH]1. The maximum Gasteiger partial charge on any atom is 0.417 e. The van der Waals surface area contributed by atoms with E-state index in [9.17, 15) is 23.2 Å². The third kappa shape index (κ3) is 3.56. The Kier molecular flexibility index (Phi) is 4.84. The first-order valence-electron chi connectivity index (χ1n) is 9.64. The molecule has 1 atom stereocenters. The average Bonchev–Trinajstić information content (AvgIpc) is 3.15. The Balaban J connectivity index is 1.70. The monoisotopic (exact) mass is 428 g/mol. The molecule has 0 spiro atoms. The topological polar surface area (TPSA) is 99.4 Å². The minimum absolute atomic E-state index is 0.329. The van der Waals surface area contributed by atoms with Crippen LogP contribution in [0.1, 0.15) is 64.4 Å². The summed E-state index contributed by atoms with van der Waals surface area (Å²) in [5, 5.41) is 18.6. The molecule has 1 amide bonds. The Morgan fingerprint density at radius 1 is 1.35 bits per heavy atom. The van der Waals surface area contributed by atoms with Gasteiger partial charge in [-0.3, -0.25) is 9.89 Å². The van der Waals surface area contributed by atoms with Gasteiger partial charge in [-0.25, -0.2) is 4.98 Å². The molecule has 1 unspecified atom stereocenters. The van der Waals surface area contributed by atoms with E-state index in [0.29, 0.717) is 29.9 Å². The van der Waals surface area contributed by atoms with E-state index in [2.05, 4.69) is 20.5 Å². The predicted octanol–water partition coefficient (Wildman–Crippen LogP) is 3.83. The van der Waals surface area contributed by atoms with Gasteiger partial charge in [-0.15, -0.1) is 0 Å². The van der Waals surface area contributed by atoms with E-state index >= 15 is 0 Å². The molecule has 1 aliphatic rings. The quantitative estimate of drug-likeness (QED) is 0.645. The molecule has 0 aliphatic heterocycles. The molecule has 2 heterocycles. The van der Waals surface area contributed by atoms with E-state index in [4.69, 9.17) is 0 Å². The second-order valence-corrected chi connectivity index (χ2v) is 7.68. The number of H-pyrrole nitrogens is 1. The van der Waals surface area contributed by atoms with E-state index in [1.165, 1.54) is 18.5 Å². The molecule has 0 bridgehead atoms. The van der Waals surface area contributed by atoms with Crippen LogP contribution in [0.25, 0.3) is 0 Å². The zero-order valence-electron chi connectivity index (χ0n) is 16.8. The van der Waals surface area contributed by atoms with Gasteiger partial charge in [-0.2, -0.15) is 23.5 Å². The average molecular weight is 428 g/mol. The molecular formula is C21H19F3N6O. The summed E-state index contributed by atoms with van der Waals surface area (Å²) in [6.07, 6.45) is -0.195. The van der Waals surface area contributed by atoms with Gasteiger partial charge in [0.2, 0.25) is 0 Å². The first-order valence-corrected chi connectivity index (χ1v) is 9.64. The molecule has 1 saturated carbocycles. The van der Waals surface area contributed by atoms with Crippen molar-refractivity contribution in [2.75, 3.05) is 0 Å². The third-order valence-corrected chi connectivity index (χ3v) is 5.66. The summed E-state index contributed by atoms with van der Waals surface area (Å²) in [7, 11) is 0. The lowest BCUT2D eigenvalue weighted by molar-refractivity contribution is -0.137. The lowest BCUT2D eigenvalue weighted by Gasteiger charge is -2.23. The van der Waals surface area contributed by atoms with E-state index in [-0.39, 0.29) is 5.91 Å². The second-order valence-electron chi connectivity index (χ2n) is 7.68. The molecule has 4 rings (SSSR count). The number of rotatable bonds is 5. The molecule has 3 aromatic rings. The van der Waals surface area contributed by atoms with Crippen LogP contribution in [0.3, 0.4) is 0 Å². The highest BCUT2D eigenvalue weighted by atomic mass is 19.4. The third-order valence-electron chi connectivity index (χ3n) is 5.66. The number of aromatic nitrogens is 4. The fourth-order valence-electron chi connectivity index (χ4n) is 3.89. The number of nitriles is 1. The van der Waals surface area contributed by atoms with Crippen LogP contribution in [0.15, 0.2) is 36.8 Å². The number of amides is 1. The summed E-state index contributed by atoms with van der Waals surface area (Å²) in [4.78, 5) is 17.1. The number of halogens is 3. The fraction of sp³-hybridized carbons (Fsp3) is 0.333. The number of hydrogen-bond acceptors (Lipinski definition) is 4. The molecule has 0 saturated heterocycles. The molecule has 160 valence electrons. The first kappa shape index (κ1) is 20.7. The highest BCUT2D eigenvalue weighted by Gasteiger charge is 2.48. The van der Waals surface area contributed by atoms with Crippen LogP contribution in [0, 0.1) is 18.3 Å². The molecule has 0 radical (unpaired) electrons. The van der Waals surface area contributed by atoms with Crippen molar-refractivity contribution in [3.8, 4) is 6.07 Å². The molecule has 2 N–H and O–H groups in total. The zero-order valence-corrected chi connectivity index (χ0v) is 16.8. The van der Waals surface area contributed by atoms with Crippen molar-refractivity contribution in [3.05, 3.63) is 70.6 Å². The Hall–Kier alpha value is -3.61. The van der Waals surface area contributed by atoms with Crippen LogP contribution in [0.2, 0.25) is 0 Å². The van der Waals surface area contributed by atoms with Gasteiger partial charge in [0.1, 0.15) is 17.8 Å². The maximum atomic E-state index is 13.2. The van der Waals surface area contributed by atoms with Crippen molar-refractivity contribution >= 4 is 5.91 Å². The van der Waals surface area contributed by atoms with Gasteiger partial charge in [0.15, 0.2) is 0 Å². The summed E-state index contributed by atoms with van der Waals surface area (Å²) >= 11 is 0. The lowest BCUT2D eigenvalue weighted by Crippen LogP contribution is -2.32. The summed E-state index contributed by atoms with van der Waals surface area (Å²) in [5.41, 5.74) is -0.318. The lowest BCUT2D eigenvalue weighted by atomic mass is 9.97. The summed E-state index contributed by atoms with van der Waals surface area (Å²) < 4.78 is 41.4. The van der Waals surface area contributed by atoms with Gasteiger partial charge >= 0.3 is 6.18 Å². The van der Waals surface area contributed by atoms with Crippen LogP contribution < -0.4 is 5.32 Å². The standard InChI is InChI=1S/C21H19F3N6O/c1-12-5-8-30(17(12)19(31)28-13(2)18-26-11-27-29-18)20(6-7-20)15-3-4-16(21(22,23)24)14(9-15)10-25/h3-5,8-9,11,13H,6-7H2,1-2H3,(H,28,31)(H,26,27,29). The van der Waals surface area contributed by atoms with E-state index in [1.54, 1.807) is 36.7 Å². The van der Waals surface area contributed by atoms with Gasteiger partial charge in [-0.05, 0) is 56.0 Å². The van der Waals surface area contributed by atoms with Crippen molar-refractivity contribution < 1.29 is 18.0 Å². The van der Waals surface area contributed by atoms with Gasteiger partial charge < -0.3 is 9.88 Å². The van der Waals surface area contributed by atoms with Crippen LogP contribution >= 0.6 is 0 Å². The fourth-order valence-corrected chi connectivity index (χ4v) is 3.89. The number of aromatic amines is 1. The zero-order chi connectivity index (χ0) is 22.4. The molecular weight excluding hydrogens is 409 g/mol. The predicted molar refractivity (Wildman–Crippen MR) is 104 cm³/mol. The van der Waals surface area contributed by atoms with Crippen LogP contribution in [-0.2, 0) is 11.7 Å². The van der Waals surface area contributed by atoms with E-state index < -0.39 is 28.9 Å². The number of nitrogens with zero attached hydrogens (tertiary/aromatic N) is 4. The van der Waals surface area contributed by atoms with Crippen molar-refractivity contribution in [2.45, 2.75) is 44.4 Å². The first-order chi connectivity index (χ1) is 14.7. The highest BCUT2D eigenvalue weighted by molar-refractivity contribution is 5.94. The maximum absolute atomic E-state index is 13.2. The molecule has 1 fully saturated rings. The summed E-state index contributed by atoms with van der Waals surface area (Å²) in [6, 6.07) is 6.65. The van der Waals surface area contributed by atoms with E-state index in [0.717, 1.165) is 11.6 Å². The Morgan fingerprint density at radius 3 is 2.68 bits per heavy atom. The van der Waals surface area contributed by atoms with E-state index in [1.807, 2.05) is 0 Å². The van der Waals surface area contributed by atoms with Gasteiger partial charge in [0.05, 0.1) is 28.8 Å². The Morgan fingerprint density at radius 2 is 2.10 bits per heavy atom. The highest BCUT2D eigenvalue weighted by Crippen LogP contribution is 2.51. The van der Waals surface area contributed by atoms with Crippen molar-refractivity contribution in [1.82, 2.24) is 25.1 Å². The minimum Gasteiger partial charge on any atom is -0.341 e. The van der Waals surface area contributed by atoms with Crippen molar-refractivity contribution in [1.29, 1.82) is 5.26 Å². The van der Waals surface area contributed by atoms with Crippen LogP contribution in [-0.4, -0.2) is 25.7 Å². The molecule has 1 aliphatic carbocycles. The van der Waals surface area contributed by atoms with Crippen LogP contribution in [0.4, 0.5) is 13.2 Å². The molecule has 31 heavy (non-hydrogen) atoms. The number of carbonyl (C=O) groups is 1. The van der Waals surface area contributed by atoms with Crippen molar-refractivity contribution in [2.24, 2.45) is 0 Å². The van der Waals surface area contributed by atoms with Crippen LogP contribution in [0.5, 0.6) is 0 Å². The van der Waals surface area contributed by atoms with Gasteiger partial charge in [0, 0.05) is 6.20 Å². The smallest absolute Gasteiger partial charge is 0.341 e. The summed E-state index contributed by atoms with van der Waals surface area (Å²) in [6.45, 7) is 3.57.